The Morgan fingerprint density at radius 1 is 1.10 bits per heavy atom. The molecule has 0 heterocycles. The molecule has 6 heteroatoms. The van der Waals surface area contributed by atoms with Crippen LogP contribution in [0.4, 0.5) is 0 Å². The molecule has 20 heavy (non-hydrogen) atoms. The van der Waals surface area contributed by atoms with Gasteiger partial charge in [0.25, 0.3) is 0 Å². The van der Waals surface area contributed by atoms with E-state index >= 15 is 0 Å². The lowest BCUT2D eigenvalue weighted by molar-refractivity contribution is -0.181. The summed E-state index contributed by atoms with van der Waals surface area (Å²) >= 11 is 0. The van der Waals surface area contributed by atoms with E-state index in [1.807, 2.05) is 0 Å². The second-order valence-electron chi connectivity index (χ2n) is 6.62. The van der Waals surface area contributed by atoms with Crippen molar-refractivity contribution < 1.29 is 22.1 Å². The topological polar surface area (TPSA) is 69.7 Å². The summed E-state index contributed by atoms with van der Waals surface area (Å²) in [6.07, 6.45) is 9.61. The van der Waals surface area contributed by atoms with Gasteiger partial charge in [0.2, 0.25) is 0 Å². The number of rotatable bonds is 4. The molecule has 0 aliphatic heterocycles. The maximum absolute atomic E-state index is 11.8. The van der Waals surface area contributed by atoms with Crippen LogP contribution in [-0.4, -0.2) is 26.2 Å². The first kappa shape index (κ1) is 13.9. The minimum Gasteiger partial charge on any atom is -0.456 e. The molecule has 4 aliphatic carbocycles. The summed E-state index contributed by atoms with van der Waals surface area (Å²) in [7, 11) is -3.57. The molecule has 0 radical (unpaired) electrons. The number of carbonyl (C=O) groups is 1. The van der Waals surface area contributed by atoms with E-state index in [4.69, 9.17) is 4.74 Å². The molecule has 4 rings (SSSR count). The van der Waals surface area contributed by atoms with Crippen LogP contribution in [0, 0.1) is 17.8 Å². The molecule has 0 amide bonds. The lowest BCUT2D eigenvalue weighted by Crippen LogP contribution is -2.52. The van der Waals surface area contributed by atoms with Gasteiger partial charge in [-0.15, -0.1) is 0 Å². The Morgan fingerprint density at radius 3 is 2.05 bits per heavy atom. The molecule has 4 fully saturated rings. The molecule has 0 saturated heterocycles. The van der Waals surface area contributed by atoms with Crippen LogP contribution in [0.15, 0.2) is 12.3 Å². The Kier molecular flexibility index (Phi) is 3.31. The van der Waals surface area contributed by atoms with E-state index in [1.165, 1.54) is 19.3 Å². The Labute approximate surface area is 119 Å². The van der Waals surface area contributed by atoms with Crippen molar-refractivity contribution in [1.29, 1.82) is 0 Å². The molecule has 4 bridgehead atoms. The first-order valence-corrected chi connectivity index (χ1v) is 8.93. The number of hydrogen-bond acceptors (Lipinski definition) is 5. The Morgan fingerprint density at radius 2 is 1.60 bits per heavy atom. The molecular formula is C14H20O5S. The fourth-order valence-corrected chi connectivity index (χ4v) is 4.85. The van der Waals surface area contributed by atoms with Crippen LogP contribution in [0.5, 0.6) is 0 Å². The van der Waals surface area contributed by atoms with Gasteiger partial charge in [-0.3, -0.25) is 0 Å². The molecule has 4 saturated carbocycles. The van der Waals surface area contributed by atoms with Crippen LogP contribution >= 0.6 is 0 Å². The molecule has 0 spiro atoms. The van der Waals surface area contributed by atoms with Crippen molar-refractivity contribution in [2.75, 3.05) is 6.26 Å². The van der Waals surface area contributed by atoms with Gasteiger partial charge >= 0.3 is 16.1 Å². The molecular weight excluding hydrogens is 280 g/mol. The highest BCUT2D eigenvalue weighted by Gasteiger charge is 2.53. The predicted molar refractivity (Wildman–Crippen MR) is 72.1 cm³/mol. The van der Waals surface area contributed by atoms with Crippen LogP contribution in [0.3, 0.4) is 0 Å². The van der Waals surface area contributed by atoms with Crippen molar-refractivity contribution in [3.8, 4) is 0 Å². The molecule has 0 unspecified atom stereocenters. The SMILES string of the molecule is CS(=O)(=O)OC=CC(=O)OC12CC3CC(CC(C3)C1)C2. The highest BCUT2D eigenvalue weighted by atomic mass is 32.2. The van der Waals surface area contributed by atoms with E-state index in [2.05, 4.69) is 4.18 Å². The number of carbonyl (C=O) groups excluding carboxylic acids is 1. The summed E-state index contributed by atoms with van der Waals surface area (Å²) in [5, 5.41) is 0. The summed E-state index contributed by atoms with van der Waals surface area (Å²) in [5.41, 5.74) is -0.304. The van der Waals surface area contributed by atoms with E-state index in [9.17, 15) is 13.2 Å². The normalized spacial score (nSPS) is 39.1. The van der Waals surface area contributed by atoms with Gasteiger partial charge in [0.15, 0.2) is 0 Å². The highest BCUT2D eigenvalue weighted by Crippen LogP contribution is 2.57. The van der Waals surface area contributed by atoms with Crippen LogP contribution in [0.1, 0.15) is 38.5 Å². The highest BCUT2D eigenvalue weighted by molar-refractivity contribution is 7.86. The Hall–Kier alpha value is -1.04. The molecule has 0 aromatic rings. The van der Waals surface area contributed by atoms with Gasteiger partial charge in [0, 0.05) is 0 Å². The van der Waals surface area contributed by atoms with Gasteiger partial charge in [-0.25, -0.2) is 4.79 Å². The smallest absolute Gasteiger partial charge is 0.334 e. The van der Waals surface area contributed by atoms with Crippen molar-refractivity contribution in [3.05, 3.63) is 12.3 Å². The van der Waals surface area contributed by atoms with Crippen molar-refractivity contribution in [2.24, 2.45) is 17.8 Å². The van der Waals surface area contributed by atoms with Crippen molar-refractivity contribution >= 4 is 16.1 Å². The van der Waals surface area contributed by atoms with Gasteiger partial charge in [-0.2, -0.15) is 8.42 Å². The second-order valence-corrected chi connectivity index (χ2v) is 8.23. The summed E-state index contributed by atoms with van der Waals surface area (Å²) in [4.78, 5) is 11.8. The molecule has 0 aromatic carbocycles. The molecule has 5 nitrogen and oxygen atoms in total. The molecule has 112 valence electrons. The van der Waals surface area contributed by atoms with E-state index < -0.39 is 16.1 Å². The van der Waals surface area contributed by atoms with Gasteiger partial charge in [-0.1, -0.05) is 0 Å². The average Bonchev–Trinajstić information content (AvgIpc) is 2.23. The summed E-state index contributed by atoms with van der Waals surface area (Å²) in [6, 6.07) is 0. The minimum atomic E-state index is -3.57. The van der Waals surface area contributed by atoms with Crippen LogP contribution < -0.4 is 0 Å². The first-order valence-electron chi connectivity index (χ1n) is 7.11. The van der Waals surface area contributed by atoms with Gasteiger partial charge < -0.3 is 8.92 Å². The van der Waals surface area contributed by atoms with Crippen LogP contribution in [0.25, 0.3) is 0 Å². The summed E-state index contributed by atoms with van der Waals surface area (Å²) < 4.78 is 31.7. The summed E-state index contributed by atoms with van der Waals surface area (Å²) in [5.74, 6) is 1.59. The zero-order valence-corrected chi connectivity index (χ0v) is 12.4. The third kappa shape index (κ3) is 3.00. The monoisotopic (exact) mass is 300 g/mol. The predicted octanol–water partition coefficient (Wildman–Crippen LogP) is 1.99. The zero-order valence-electron chi connectivity index (χ0n) is 11.6. The van der Waals surface area contributed by atoms with Crippen molar-refractivity contribution in [2.45, 2.75) is 44.1 Å². The fourth-order valence-electron chi connectivity index (χ4n) is 4.59. The first-order chi connectivity index (χ1) is 9.34. The quantitative estimate of drug-likeness (QED) is 0.344. The third-order valence-electron chi connectivity index (χ3n) is 4.73. The maximum Gasteiger partial charge on any atom is 0.334 e. The van der Waals surface area contributed by atoms with E-state index in [1.54, 1.807) is 0 Å². The van der Waals surface area contributed by atoms with Gasteiger partial charge in [0.05, 0.1) is 12.3 Å². The standard InChI is InChI=1S/C14H20O5S/c1-20(16,17)18-3-2-13(15)19-14-7-10-4-11(8-14)6-12(5-10)9-14/h2-3,10-12H,4-9H2,1H3. The summed E-state index contributed by atoms with van der Waals surface area (Å²) in [6.45, 7) is 0. The number of ether oxygens (including phenoxy) is 1. The van der Waals surface area contributed by atoms with E-state index in [-0.39, 0.29) is 5.60 Å². The lowest BCUT2D eigenvalue weighted by atomic mass is 9.54. The largest absolute Gasteiger partial charge is 0.456 e. The Balaban J connectivity index is 1.61. The van der Waals surface area contributed by atoms with Gasteiger partial charge in [0.1, 0.15) is 11.9 Å². The number of hydrogen-bond donors (Lipinski definition) is 0. The minimum absolute atomic E-state index is 0.304. The maximum atomic E-state index is 11.8. The van der Waals surface area contributed by atoms with E-state index in [0.717, 1.165) is 37.9 Å². The van der Waals surface area contributed by atoms with Crippen LogP contribution in [0.2, 0.25) is 0 Å². The third-order valence-corrected chi connectivity index (χ3v) is 5.19. The van der Waals surface area contributed by atoms with Gasteiger partial charge in [-0.05, 0) is 56.3 Å². The number of esters is 1. The van der Waals surface area contributed by atoms with Crippen molar-refractivity contribution in [1.82, 2.24) is 0 Å². The van der Waals surface area contributed by atoms with Crippen molar-refractivity contribution in [3.63, 3.8) is 0 Å². The molecule has 0 N–H and O–H groups in total. The van der Waals surface area contributed by atoms with Crippen LogP contribution in [-0.2, 0) is 23.8 Å². The second kappa shape index (κ2) is 4.76. The average molecular weight is 300 g/mol. The molecule has 0 atom stereocenters. The molecule has 4 aliphatic rings. The Bertz CT molecular complexity index is 498. The molecule has 0 aromatic heterocycles. The van der Waals surface area contributed by atoms with E-state index in [0.29, 0.717) is 17.8 Å². The fraction of sp³-hybridized carbons (Fsp3) is 0.786. The zero-order chi connectivity index (χ0) is 14.4. The lowest BCUT2D eigenvalue weighted by Gasteiger charge is -2.55.